The van der Waals surface area contributed by atoms with Crippen LogP contribution >= 0.6 is 0 Å². The van der Waals surface area contributed by atoms with E-state index in [0.717, 1.165) is 31.7 Å². The van der Waals surface area contributed by atoms with Crippen molar-refractivity contribution in [3.63, 3.8) is 0 Å². The molecule has 1 aromatic rings. The third-order valence-electron chi connectivity index (χ3n) is 3.78. The van der Waals surface area contributed by atoms with E-state index in [9.17, 15) is 4.79 Å². The van der Waals surface area contributed by atoms with Crippen LogP contribution < -0.4 is 16.4 Å². The maximum absolute atomic E-state index is 11.3. The molecule has 0 saturated carbocycles. The van der Waals surface area contributed by atoms with Crippen molar-refractivity contribution in [2.75, 3.05) is 37.8 Å². The number of piperidine rings is 1. The number of likely N-dealkylation sites (tertiary alicyclic amines) is 1. The summed E-state index contributed by atoms with van der Waals surface area (Å²) in [6.45, 7) is 2.15. The first-order chi connectivity index (χ1) is 8.99. The minimum atomic E-state index is -0.516. The number of amides is 1. The highest BCUT2D eigenvalue weighted by molar-refractivity contribution is 5.98. The normalized spacial score (nSPS) is 17.4. The van der Waals surface area contributed by atoms with Gasteiger partial charge in [0.15, 0.2) is 0 Å². The van der Waals surface area contributed by atoms with E-state index >= 15 is 0 Å². The second-order valence-electron chi connectivity index (χ2n) is 5.14. The van der Waals surface area contributed by atoms with Crippen molar-refractivity contribution in [2.45, 2.75) is 18.9 Å². The lowest BCUT2D eigenvalue weighted by molar-refractivity contribution is 0.100. The molecule has 1 aliphatic heterocycles. The minimum Gasteiger partial charge on any atom is -0.397 e. The molecular weight excluding hydrogens is 242 g/mol. The van der Waals surface area contributed by atoms with Crippen molar-refractivity contribution in [3.05, 3.63) is 17.8 Å². The summed E-state index contributed by atoms with van der Waals surface area (Å²) in [6, 6.07) is 2.11. The fraction of sp³-hybridized carbons (Fsp3) is 0.538. The molecule has 6 heteroatoms. The van der Waals surface area contributed by atoms with Gasteiger partial charge in [-0.2, -0.15) is 0 Å². The van der Waals surface area contributed by atoms with Crippen LogP contribution in [0.3, 0.4) is 0 Å². The minimum absolute atomic E-state index is 0.327. The van der Waals surface area contributed by atoms with Crippen LogP contribution in [0.25, 0.3) is 0 Å². The molecule has 1 amide bonds. The largest absolute Gasteiger partial charge is 0.397 e. The summed E-state index contributed by atoms with van der Waals surface area (Å²) >= 11 is 0. The van der Waals surface area contributed by atoms with Gasteiger partial charge in [0.25, 0.3) is 5.91 Å². The highest BCUT2D eigenvalue weighted by Crippen LogP contribution is 2.22. The molecule has 1 aliphatic rings. The number of rotatable bonds is 3. The molecule has 0 unspecified atom stereocenters. The van der Waals surface area contributed by atoms with Gasteiger partial charge in [0.1, 0.15) is 5.82 Å². The number of primary amides is 1. The zero-order chi connectivity index (χ0) is 14.0. The molecule has 104 valence electrons. The molecule has 1 aromatic heterocycles. The summed E-state index contributed by atoms with van der Waals surface area (Å²) in [4.78, 5) is 20.0. The molecule has 2 rings (SSSR count). The highest BCUT2D eigenvalue weighted by Gasteiger charge is 2.22. The number of hydrogen-bond donors (Lipinski definition) is 2. The van der Waals surface area contributed by atoms with Crippen LogP contribution in [0.1, 0.15) is 23.2 Å². The Kier molecular flexibility index (Phi) is 3.90. The number of aromatic nitrogens is 1. The second-order valence-corrected chi connectivity index (χ2v) is 5.14. The molecule has 6 nitrogen and oxygen atoms in total. The van der Waals surface area contributed by atoms with Gasteiger partial charge in [-0.25, -0.2) is 4.98 Å². The van der Waals surface area contributed by atoms with Crippen LogP contribution in [0, 0.1) is 0 Å². The number of nitrogens with two attached hydrogens (primary N) is 2. The smallest absolute Gasteiger partial charge is 0.250 e. The van der Waals surface area contributed by atoms with Gasteiger partial charge in [-0.05, 0) is 39.0 Å². The molecule has 0 radical (unpaired) electrons. The summed E-state index contributed by atoms with van der Waals surface area (Å²) in [5, 5.41) is 0. The second kappa shape index (κ2) is 5.44. The maximum Gasteiger partial charge on any atom is 0.250 e. The van der Waals surface area contributed by atoms with Crippen molar-refractivity contribution in [2.24, 2.45) is 5.73 Å². The van der Waals surface area contributed by atoms with Crippen LogP contribution in [-0.2, 0) is 0 Å². The standard InChI is InChI=1S/C13H21N5O/c1-17-5-3-9(4-6-17)18(2)12-7-10(13(15)19)11(14)8-16-12/h7-9H,3-6,14H2,1-2H3,(H2,15,19). The third-order valence-corrected chi connectivity index (χ3v) is 3.78. The zero-order valence-corrected chi connectivity index (χ0v) is 11.5. The summed E-state index contributed by atoms with van der Waals surface area (Å²) in [5.74, 6) is 0.232. The van der Waals surface area contributed by atoms with Gasteiger partial charge in [-0.15, -0.1) is 0 Å². The molecule has 0 spiro atoms. The third kappa shape index (κ3) is 2.96. The number of hydrogen-bond acceptors (Lipinski definition) is 5. The average Bonchev–Trinajstić information content (AvgIpc) is 2.39. The Morgan fingerprint density at radius 3 is 2.68 bits per heavy atom. The summed E-state index contributed by atoms with van der Waals surface area (Å²) in [5.41, 5.74) is 11.7. The van der Waals surface area contributed by atoms with Gasteiger partial charge in [-0.1, -0.05) is 0 Å². The molecule has 0 aromatic carbocycles. The average molecular weight is 263 g/mol. The van der Waals surface area contributed by atoms with Gasteiger partial charge in [0, 0.05) is 13.1 Å². The Bertz CT molecular complexity index is 468. The number of carbonyl (C=O) groups excluding carboxylic acids is 1. The van der Waals surface area contributed by atoms with E-state index in [0.29, 0.717) is 17.3 Å². The number of nitrogens with zero attached hydrogens (tertiary/aromatic N) is 3. The monoisotopic (exact) mass is 263 g/mol. The first-order valence-corrected chi connectivity index (χ1v) is 6.45. The zero-order valence-electron chi connectivity index (χ0n) is 11.5. The Labute approximate surface area is 113 Å². The lowest BCUT2D eigenvalue weighted by Gasteiger charge is -2.35. The molecular formula is C13H21N5O. The summed E-state index contributed by atoms with van der Waals surface area (Å²) < 4.78 is 0. The van der Waals surface area contributed by atoms with Crippen LogP contribution in [0.15, 0.2) is 12.3 Å². The Balaban J connectivity index is 2.17. The van der Waals surface area contributed by atoms with Crippen molar-refractivity contribution in [1.82, 2.24) is 9.88 Å². The van der Waals surface area contributed by atoms with Crippen molar-refractivity contribution in [3.8, 4) is 0 Å². The van der Waals surface area contributed by atoms with Crippen molar-refractivity contribution in [1.29, 1.82) is 0 Å². The van der Waals surface area contributed by atoms with Gasteiger partial charge in [0.05, 0.1) is 17.4 Å². The predicted molar refractivity (Wildman–Crippen MR) is 76.1 cm³/mol. The number of nitrogen functional groups attached to an aromatic ring is 1. The van der Waals surface area contributed by atoms with Gasteiger partial charge in [0.2, 0.25) is 0 Å². The van der Waals surface area contributed by atoms with E-state index in [2.05, 4.69) is 21.8 Å². The molecule has 1 fully saturated rings. The quantitative estimate of drug-likeness (QED) is 0.818. The van der Waals surface area contributed by atoms with Crippen molar-refractivity contribution < 1.29 is 4.79 Å². The number of anilines is 2. The van der Waals surface area contributed by atoms with Crippen molar-refractivity contribution >= 4 is 17.4 Å². The lowest BCUT2D eigenvalue weighted by atomic mass is 10.0. The Morgan fingerprint density at radius 2 is 2.11 bits per heavy atom. The van der Waals surface area contributed by atoms with E-state index < -0.39 is 5.91 Å². The SMILES string of the molecule is CN1CCC(N(C)c2cc(C(N)=O)c(N)cn2)CC1. The van der Waals surface area contributed by atoms with Crippen LogP contribution in [0.4, 0.5) is 11.5 Å². The van der Waals surface area contributed by atoms with Crippen LogP contribution in [-0.4, -0.2) is 49.0 Å². The topological polar surface area (TPSA) is 88.5 Å². The van der Waals surface area contributed by atoms with E-state index in [1.165, 1.54) is 6.20 Å². The number of pyridine rings is 1. The van der Waals surface area contributed by atoms with E-state index in [-0.39, 0.29) is 0 Å². The van der Waals surface area contributed by atoms with E-state index in [1.54, 1.807) is 6.07 Å². The Morgan fingerprint density at radius 1 is 1.47 bits per heavy atom. The first-order valence-electron chi connectivity index (χ1n) is 6.45. The summed E-state index contributed by atoms with van der Waals surface area (Å²) in [7, 11) is 4.13. The van der Waals surface area contributed by atoms with Gasteiger partial charge < -0.3 is 21.3 Å². The van der Waals surface area contributed by atoms with Crippen LogP contribution in [0.5, 0.6) is 0 Å². The van der Waals surface area contributed by atoms with Gasteiger partial charge >= 0.3 is 0 Å². The molecule has 1 saturated heterocycles. The van der Waals surface area contributed by atoms with Crippen LogP contribution in [0.2, 0.25) is 0 Å². The maximum atomic E-state index is 11.3. The highest BCUT2D eigenvalue weighted by atomic mass is 16.1. The first kappa shape index (κ1) is 13.6. The van der Waals surface area contributed by atoms with E-state index in [4.69, 9.17) is 11.5 Å². The molecule has 2 heterocycles. The molecule has 0 bridgehead atoms. The molecule has 19 heavy (non-hydrogen) atoms. The fourth-order valence-electron chi connectivity index (χ4n) is 2.43. The fourth-order valence-corrected chi connectivity index (χ4v) is 2.43. The number of carbonyl (C=O) groups is 1. The Hall–Kier alpha value is -1.82. The molecule has 0 aliphatic carbocycles. The summed E-state index contributed by atoms with van der Waals surface area (Å²) in [6.07, 6.45) is 3.68. The lowest BCUT2D eigenvalue weighted by Crippen LogP contribution is -2.42. The molecule has 4 N–H and O–H groups in total. The van der Waals surface area contributed by atoms with E-state index in [1.807, 2.05) is 7.05 Å². The predicted octanol–water partition coefficient (Wildman–Crippen LogP) is 0.293. The van der Waals surface area contributed by atoms with Gasteiger partial charge in [-0.3, -0.25) is 4.79 Å². The molecule has 0 atom stereocenters.